The number of carboxylic acid groups (broad SMARTS) is 1. The Kier molecular flexibility index (Phi) is 3.28. The number of carbonyl (C=O) groups is 2. The molecule has 1 atom stereocenters. The first-order chi connectivity index (χ1) is 8.59. The lowest BCUT2D eigenvalue weighted by Crippen LogP contribution is -2.08. The van der Waals surface area contributed by atoms with Gasteiger partial charge in [-0.3, -0.25) is 9.59 Å². The molecule has 0 saturated carbocycles. The molecule has 0 bridgehead atoms. The summed E-state index contributed by atoms with van der Waals surface area (Å²) in [6.45, 7) is 1.60. The van der Waals surface area contributed by atoms with Crippen molar-refractivity contribution in [2.75, 3.05) is 0 Å². The van der Waals surface area contributed by atoms with E-state index in [2.05, 4.69) is 0 Å². The summed E-state index contributed by atoms with van der Waals surface area (Å²) in [5.41, 5.74) is 1.14. The molecule has 1 N–H and O–H groups in total. The van der Waals surface area contributed by atoms with Gasteiger partial charge < -0.3 is 9.52 Å². The highest BCUT2D eigenvalue weighted by Crippen LogP contribution is 2.17. The monoisotopic (exact) mass is 244 g/mol. The molecule has 4 nitrogen and oxygen atoms in total. The molecule has 0 aliphatic carbocycles. The Hall–Kier alpha value is -2.36. The number of ketones is 1. The van der Waals surface area contributed by atoms with Crippen LogP contribution in [0, 0.1) is 0 Å². The first-order valence-electron chi connectivity index (χ1n) is 5.50. The quantitative estimate of drug-likeness (QED) is 0.839. The van der Waals surface area contributed by atoms with Crippen molar-refractivity contribution in [1.29, 1.82) is 0 Å². The van der Waals surface area contributed by atoms with Gasteiger partial charge in [0.1, 0.15) is 0 Å². The summed E-state index contributed by atoms with van der Waals surface area (Å²) in [6.07, 6.45) is 1.44. The van der Waals surface area contributed by atoms with E-state index in [4.69, 9.17) is 9.52 Å². The van der Waals surface area contributed by atoms with Gasteiger partial charge in [-0.25, -0.2) is 0 Å². The summed E-state index contributed by atoms with van der Waals surface area (Å²) in [5, 5.41) is 8.88. The predicted octanol–water partition coefficient (Wildman–Crippen LogP) is 2.70. The van der Waals surface area contributed by atoms with Gasteiger partial charge in [-0.2, -0.15) is 0 Å². The van der Waals surface area contributed by atoms with Crippen LogP contribution in [0.1, 0.15) is 34.5 Å². The Morgan fingerprint density at radius 3 is 2.33 bits per heavy atom. The number of furan rings is 1. The molecule has 2 rings (SSSR count). The number of carbonyl (C=O) groups excluding carboxylic acids is 1. The van der Waals surface area contributed by atoms with E-state index in [1.807, 2.05) is 0 Å². The highest BCUT2D eigenvalue weighted by molar-refractivity contribution is 6.07. The summed E-state index contributed by atoms with van der Waals surface area (Å²) in [7, 11) is 0. The standard InChI is InChI=1S/C14H12O4/c1-9(14(16)17)10-4-6-11(7-5-10)13(15)12-3-2-8-18-12/h2-9H,1H3,(H,16,17)/t9-/m1/s1. The lowest BCUT2D eigenvalue weighted by molar-refractivity contribution is -0.138. The maximum atomic E-state index is 11.9. The molecule has 0 aliphatic rings. The van der Waals surface area contributed by atoms with Gasteiger partial charge in [0.25, 0.3) is 0 Å². The highest BCUT2D eigenvalue weighted by Gasteiger charge is 2.15. The molecular weight excluding hydrogens is 232 g/mol. The maximum absolute atomic E-state index is 11.9. The second-order valence-corrected chi connectivity index (χ2v) is 3.99. The maximum Gasteiger partial charge on any atom is 0.310 e. The molecule has 0 saturated heterocycles. The highest BCUT2D eigenvalue weighted by atomic mass is 16.4. The summed E-state index contributed by atoms with van der Waals surface area (Å²) >= 11 is 0. The molecule has 0 amide bonds. The third kappa shape index (κ3) is 2.32. The topological polar surface area (TPSA) is 67.5 Å². The van der Waals surface area contributed by atoms with E-state index in [0.29, 0.717) is 11.1 Å². The smallest absolute Gasteiger partial charge is 0.310 e. The van der Waals surface area contributed by atoms with E-state index in [0.717, 1.165) is 0 Å². The number of carboxylic acids is 1. The van der Waals surface area contributed by atoms with Crippen molar-refractivity contribution in [2.24, 2.45) is 0 Å². The van der Waals surface area contributed by atoms with Gasteiger partial charge in [-0.1, -0.05) is 24.3 Å². The van der Waals surface area contributed by atoms with Crippen LogP contribution in [0.5, 0.6) is 0 Å². The number of hydrogen-bond acceptors (Lipinski definition) is 3. The van der Waals surface area contributed by atoms with Crippen molar-refractivity contribution < 1.29 is 19.1 Å². The summed E-state index contributed by atoms with van der Waals surface area (Å²) in [5.74, 6) is -1.42. The molecule has 4 heteroatoms. The lowest BCUT2D eigenvalue weighted by atomic mass is 9.98. The Balaban J connectivity index is 2.23. The first kappa shape index (κ1) is 12.1. The SMILES string of the molecule is C[C@@H](C(=O)O)c1ccc(C(=O)c2ccco2)cc1. The molecule has 92 valence electrons. The number of rotatable bonds is 4. The minimum absolute atomic E-state index is 0.213. The Morgan fingerprint density at radius 1 is 1.17 bits per heavy atom. The fourth-order valence-electron chi connectivity index (χ4n) is 1.62. The average molecular weight is 244 g/mol. The van der Waals surface area contributed by atoms with Crippen LogP contribution in [0.4, 0.5) is 0 Å². The van der Waals surface area contributed by atoms with Crippen LogP contribution in [-0.2, 0) is 4.79 Å². The van der Waals surface area contributed by atoms with Crippen LogP contribution in [0.3, 0.4) is 0 Å². The van der Waals surface area contributed by atoms with E-state index in [1.54, 1.807) is 43.3 Å². The lowest BCUT2D eigenvalue weighted by Gasteiger charge is -2.06. The molecule has 0 aliphatic heterocycles. The zero-order chi connectivity index (χ0) is 13.1. The third-order valence-corrected chi connectivity index (χ3v) is 2.79. The minimum Gasteiger partial charge on any atom is -0.481 e. The summed E-state index contributed by atoms with van der Waals surface area (Å²) in [4.78, 5) is 22.7. The Labute approximate surface area is 104 Å². The van der Waals surface area contributed by atoms with Gasteiger partial charge in [0.05, 0.1) is 12.2 Å². The van der Waals surface area contributed by atoms with Crippen LogP contribution in [0.25, 0.3) is 0 Å². The van der Waals surface area contributed by atoms with E-state index in [1.165, 1.54) is 6.26 Å². The molecule has 1 aromatic heterocycles. The second-order valence-electron chi connectivity index (χ2n) is 3.99. The zero-order valence-electron chi connectivity index (χ0n) is 9.79. The van der Waals surface area contributed by atoms with Gasteiger partial charge in [-0.15, -0.1) is 0 Å². The fraction of sp³-hybridized carbons (Fsp3) is 0.143. The van der Waals surface area contributed by atoms with Crippen LogP contribution >= 0.6 is 0 Å². The molecule has 1 heterocycles. The van der Waals surface area contributed by atoms with Crippen molar-refractivity contribution >= 4 is 11.8 Å². The van der Waals surface area contributed by atoms with Crippen molar-refractivity contribution in [3.63, 3.8) is 0 Å². The van der Waals surface area contributed by atoms with Crippen LogP contribution < -0.4 is 0 Å². The first-order valence-corrected chi connectivity index (χ1v) is 5.50. The van der Waals surface area contributed by atoms with Gasteiger partial charge in [-0.05, 0) is 24.6 Å². The molecule has 18 heavy (non-hydrogen) atoms. The number of hydrogen-bond donors (Lipinski definition) is 1. The third-order valence-electron chi connectivity index (χ3n) is 2.79. The van der Waals surface area contributed by atoms with Crippen LogP contribution in [-0.4, -0.2) is 16.9 Å². The normalized spacial score (nSPS) is 12.1. The zero-order valence-corrected chi connectivity index (χ0v) is 9.79. The average Bonchev–Trinajstić information content (AvgIpc) is 2.91. The van der Waals surface area contributed by atoms with E-state index >= 15 is 0 Å². The van der Waals surface area contributed by atoms with Gasteiger partial charge >= 0.3 is 5.97 Å². The molecule has 0 radical (unpaired) electrons. The molecule has 2 aromatic rings. The Bertz CT molecular complexity index is 552. The van der Waals surface area contributed by atoms with E-state index < -0.39 is 11.9 Å². The number of aliphatic carboxylic acids is 1. The van der Waals surface area contributed by atoms with Gasteiger partial charge in [0, 0.05) is 5.56 Å². The van der Waals surface area contributed by atoms with Crippen LogP contribution in [0.15, 0.2) is 47.1 Å². The van der Waals surface area contributed by atoms with Crippen LogP contribution in [0.2, 0.25) is 0 Å². The van der Waals surface area contributed by atoms with Crippen molar-refractivity contribution in [3.05, 3.63) is 59.5 Å². The second kappa shape index (κ2) is 4.87. The van der Waals surface area contributed by atoms with Crippen molar-refractivity contribution in [2.45, 2.75) is 12.8 Å². The van der Waals surface area contributed by atoms with Gasteiger partial charge in [0.2, 0.25) is 5.78 Å². The molecule has 0 spiro atoms. The van der Waals surface area contributed by atoms with Gasteiger partial charge in [0.15, 0.2) is 5.76 Å². The van der Waals surface area contributed by atoms with Crippen molar-refractivity contribution in [3.8, 4) is 0 Å². The fourth-order valence-corrected chi connectivity index (χ4v) is 1.62. The predicted molar refractivity (Wildman–Crippen MR) is 64.6 cm³/mol. The largest absolute Gasteiger partial charge is 0.481 e. The molecular formula is C14H12O4. The minimum atomic E-state index is -0.889. The summed E-state index contributed by atoms with van der Waals surface area (Å²) in [6, 6.07) is 9.76. The van der Waals surface area contributed by atoms with E-state index in [9.17, 15) is 9.59 Å². The summed E-state index contributed by atoms with van der Waals surface area (Å²) < 4.78 is 5.02. The van der Waals surface area contributed by atoms with E-state index in [-0.39, 0.29) is 11.5 Å². The molecule has 0 unspecified atom stereocenters. The number of benzene rings is 1. The Morgan fingerprint density at radius 2 is 1.83 bits per heavy atom. The molecule has 0 fully saturated rings. The van der Waals surface area contributed by atoms with Crippen molar-refractivity contribution in [1.82, 2.24) is 0 Å². The molecule has 1 aromatic carbocycles.